The number of aromatic nitrogens is 2. The Bertz CT molecular complexity index is 1110. The molecule has 2 aromatic heterocycles. The number of ether oxygens (including phenoxy) is 2. The van der Waals surface area contributed by atoms with Gasteiger partial charge in [-0.05, 0) is 76.6 Å². The summed E-state index contributed by atoms with van der Waals surface area (Å²) in [5, 5.41) is 3.59. The Morgan fingerprint density at radius 2 is 1.92 bits per heavy atom. The first-order valence-electron chi connectivity index (χ1n) is 13.0. The fraction of sp³-hybridized carbons (Fsp3) is 0.571. The molecule has 2 aromatic rings. The number of nitrogens with zero attached hydrogens (tertiary/aromatic N) is 4. The molecule has 0 spiro atoms. The minimum absolute atomic E-state index is 0.0257. The smallest absolute Gasteiger partial charge is 0.410 e. The second kappa shape index (κ2) is 11.0. The van der Waals surface area contributed by atoms with Crippen LogP contribution in [0, 0.1) is 6.92 Å². The number of carbonyl (C=O) groups excluding carboxylic acids is 2. The van der Waals surface area contributed by atoms with E-state index in [0.29, 0.717) is 24.7 Å². The normalized spacial score (nSPS) is 19.3. The molecular weight excluding hydrogens is 470 g/mol. The summed E-state index contributed by atoms with van der Waals surface area (Å²) in [5.74, 6) is 0.197. The summed E-state index contributed by atoms with van der Waals surface area (Å²) in [5.41, 5.74) is 3.58. The van der Waals surface area contributed by atoms with Gasteiger partial charge in [0.2, 0.25) is 0 Å². The number of nitrogens with one attached hydrogen (secondary N) is 1. The standard InChI is InChI=1S/C28H39N5O4/c1-18-13-22(15-30-25(18)26(34)36-6)31-24(23-10-9-21(14-29-23)20-7-8-20)17-32-11-12-33(19(2)16-32)27(35)37-28(3,4)5/h9-10,13-15,19-20,24,31H,7-8,11-12,16-17H2,1-6H3/t19-,24?/m1/s1. The van der Waals surface area contributed by atoms with E-state index in [9.17, 15) is 9.59 Å². The third-order valence-corrected chi connectivity index (χ3v) is 6.79. The van der Waals surface area contributed by atoms with E-state index in [-0.39, 0.29) is 18.2 Å². The van der Waals surface area contributed by atoms with Crippen molar-refractivity contribution in [2.75, 3.05) is 38.6 Å². The number of anilines is 1. The molecular formula is C28H39N5O4. The zero-order valence-corrected chi connectivity index (χ0v) is 22.8. The summed E-state index contributed by atoms with van der Waals surface area (Å²) in [6, 6.07) is 6.13. The van der Waals surface area contributed by atoms with Crippen molar-refractivity contribution >= 4 is 17.7 Å². The Kier molecular flexibility index (Phi) is 8.02. The number of pyridine rings is 2. The summed E-state index contributed by atoms with van der Waals surface area (Å²) >= 11 is 0. The van der Waals surface area contributed by atoms with Crippen LogP contribution in [0.15, 0.2) is 30.6 Å². The summed E-state index contributed by atoms with van der Waals surface area (Å²) in [7, 11) is 1.35. The Hall–Kier alpha value is -3.20. The van der Waals surface area contributed by atoms with Crippen LogP contribution in [0.3, 0.4) is 0 Å². The van der Waals surface area contributed by atoms with Gasteiger partial charge in [-0.3, -0.25) is 9.88 Å². The highest BCUT2D eigenvalue weighted by Crippen LogP contribution is 2.39. The Balaban J connectivity index is 1.49. The van der Waals surface area contributed by atoms with Crippen molar-refractivity contribution in [1.29, 1.82) is 0 Å². The van der Waals surface area contributed by atoms with E-state index in [2.05, 4.69) is 34.3 Å². The molecule has 2 atom stereocenters. The fourth-order valence-electron chi connectivity index (χ4n) is 4.71. The molecule has 0 bridgehead atoms. The van der Waals surface area contributed by atoms with E-state index in [1.54, 1.807) is 6.20 Å². The summed E-state index contributed by atoms with van der Waals surface area (Å²) in [6.45, 7) is 12.3. The van der Waals surface area contributed by atoms with Gasteiger partial charge < -0.3 is 19.7 Å². The number of carbonyl (C=O) groups is 2. The van der Waals surface area contributed by atoms with Crippen LogP contribution < -0.4 is 5.32 Å². The maximum atomic E-state index is 12.7. The first kappa shape index (κ1) is 26.9. The minimum atomic E-state index is -0.517. The lowest BCUT2D eigenvalue weighted by Gasteiger charge is -2.41. The lowest BCUT2D eigenvalue weighted by atomic mass is 10.1. The number of esters is 1. The molecule has 200 valence electrons. The van der Waals surface area contributed by atoms with Crippen molar-refractivity contribution in [3.63, 3.8) is 0 Å². The van der Waals surface area contributed by atoms with E-state index in [0.717, 1.165) is 30.0 Å². The molecule has 1 amide bonds. The van der Waals surface area contributed by atoms with Crippen LogP contribution in [-0.4, -0.2) is 76.8 Å². The molecule has 0 aromatic carbocycles. The number of piperazine rings is 1. The largest absolute Gasteiger partial charge is 0.464 e. The van der Waals surface area contributed by atoms with Gasteiger partial charge in [0.25, 0.3) is 0 Å². The third kappa shape index (κ3) is 6.97. The van der Waals surface area contributed by atoms with Gasteiger partial charge in [-0.25, -0.2) is 14.6 Å². The van der Waals surface area contributed by atoms with E-state index >= 15 is 0 Å². The van der Waals surface area contributed by atoms with E-state index < -0.39 is 11.6 Å². The predicted octanol–water partition coefficient (Wildman–Crippen LogP) is 4.54. The van der Waals surface area contributed by atoms with E-state index in [4.69, 9.17) is 14.5 Å². The van der Waals surface area contributed by atoms with Crippen molar-refractivity contribution in [3.8, 4) is 0 Å². The van der Waals surface area contributed by atoms with Gasteiger partial charge in [0.05, 0.1) is 30.7 Å². The Morgan fingerprint density at radius 1 is 1.16 bits per heavy atom. The van der Waals surface area contributed by atoms with Crippen molar-refractivity contribution in [3.05, 3.63) is 53.1 Å². The maximum absolute atomic E-state index is 12.7. The van der Waals surface area contributed by atoms with Gasteiger partial charge in [-0.1, -0.05) is 6.07 Å². The highest BCUT2D eigenvalue weighted by atomic mass is 16.6. The maximum Gasteiger partial charge on any atom is 0.410 e. The summed E-state index contributed by atoms with van der Waals surface area (Å²) < 4.78 is 10.4. The fourth-order valence-corrected chi connectivity index (χ4v) is 4.71. The second-order valence-electron chi connectivity index (χ2n) is 11.2. The lowest BCUT2D eigenvalue weighted by molar-refractivity contribution is 0.00105. The first-order valence-corrected chi connectivity index (χ1v) is 13.0. The number of hydrogen-bond acceptors (Lipinski definition) is 8. The molecule has 1 N–H and O–H groups in total. The molecule has 1 aliphatic carbocycles. The quantitative estimate of drug-likeness (QED) is 0.544. The van der Waals surface area contributed by atoms with Gasteiger partial charge >= 0.3 is 12.1 Å². The monoisotopic (exact) mass is 509 g/mol. The van der Waals surface area contributed by atoms with E-state index in [1.165, 1.54) is 25.5 Å². The van der Waals surface area contributed by atoms with Crippen molar-refractivity contribution in [2.24, 2.45) is 0 Å². The van der Waals surface area contributed by atoms with Crippen LogP contribution in [0.25, 0.3) is 0 Å². The molecule has 37 heavy (non-hydrogen) atoms. The minimum Gasteiger partial charge on any atom is -0.464 e. The average molecular weight is 510 g/mol. The SMILES string of the molecule is COC(=O)c1ncc(NC(CN2CCN(C(=O)OC(C)(C)C)[C@H](C)C2)c2ccc(C3CC3)cn2)cc1C. The molecule has 1 unspecified atom stereocenters. The van der Waals surface area contributed by atoms with Crippen LogP contribution >= 0.6 is 0 Å². The molecule has 1 saturated carbocycles. The van der Waals surface area contributed by atoms with E-state index in [1.807, 2.05) is 44.9 Å². The number of rotatable bonds is 7. The third-order valence-electron chi connectivity index (χ3n) is 6.79. The van der Waals surface area contributed by atoms with Gasteiger partial charge in [-0.2, -0.15) is 0 Å². The van der Waals surface area contributed by atoms with Crippen molar-refractivity contribution in [1.82, 2.24) is 19.8 Å². The number of amides is 1. The molecule has 2 aliphatic rings. The van der Waals surface area contributed by atoms with Crippen LogP contribution in [0.1, 0.15) is 79.8 Å². The zero-order chi connectivity index (χ0) is 26.7. The Morgan fingerprint density at radius 3 is 2.49 bits per heavy atom. The van der Waals surface area contributed by atoms with Crippen LogP contribution in [0.5, 0.6) is 0 Å². The van der Waals surface area contributed by atoms with Crippen LogP contribution in [0.2, 0.25) is 0 Å². The van der Waals surface area contributed by atoms with Gasteiger partial charge in [0.1, 0.15) is 5.60 Å². The Labute approximate surface area is 219 Å². The van der Waals surface area contributed by atoms with Crippen molar-refractivity contribution < 1.29 is 19.1 Å². The van der Waals surface area contributed by atoms with Crippen LogP contribution in [0.4, 0.5) is 10.5 Å². The topological polar surface area (TPSA) is 96.9 Å². The molecule has 9 heteroatoms. The van der Waals surface area contributed by atoms with Gasteiger partial charge in [0.15, 0.2) is 5.69 Å². The van der Waals surface area contributed by atoms with Gasteiger partial charge in [0, 0.05) is 38.4 Å². The molecule has 1 saturated heterocycles. The molecule has 2 fully saturated rings. The van der Waals surface area contributed by atoms with Crippen molar-refractivity contribution in [2.45, 2.75) is 71.1 Å². The highest BCUT2D eigenvalue weighted by Gasteiger charge is 2.32. The zero-order valence-electron chi connectivity index (χ0n) is 22.8. The summed E-state index contributed by atoms with van der Waals surface area (Å²) in [4.78, 5) is 37.9. The second-order valence-corrected chi connectivity index (χ2v) is 11.2. The number of aryl methyl sites for hydroxylation is 1. The average Bonchev–Trinajstić information content (AvgIpc) is 3.68. The summed E-state index contributed by atoms with van der Waals surface area (Å²) in [6.07, 6.45) is 5.86. The molecule has 9 nitrogen and oxygen atoms in total. The predicted molar refractivity (Wildman–Crippen MR) is 142 cm³/mol. The molecule has 4 rings (SSSR count). The molecule has 1 aliphatic heterocycles. The van der Waals surface area contributed by atoms with Gasteiger partial charge in [-0.15, -0.1) is 0 Å². The highest BCUT2D eigenvalue weighted by molar-refractivity contribution is 5.89. The lowest BCUT2D eigenvalue weighted by Crippen LogP contribution is -2.55. The molecule has 3 heterocycles. The number of methoxy groups -OCH3 is 1. The molecule has 0 radical (unpaired) electrons. The number of hydrogen-bond donors (Lipinski definition) is 1. The van der Waals surface area contributed by atoms with Crippen LogP contribution in [-0.2, 0) is 9.47 Å². The first-order chi connectivity index (χ1) is 17.5.